The van der Waals surface area contributed by atoms with Gasteiger partial charge in [-0.2, -0.15) is 5.10 Å². The highest BCUT2D eigenvalue weighted by Gasteiger charge is 2.09. The third-order valence-electron chi connectivity index (χ3n) is 3.27. The third kappa shape index (κ3) is 4.55. The van der Waals surface area contributed by atoms with Crippen LogP contribution >= 0.6 is 0 Å². The van der Waals surface area contributed by atoms with Gasteiger partial charge in [0.25, 0.3) is 0 Å². The highest BCUT2D eigenvalue weighted by atomic mass is 15.2. The molecule has 0 amide bonds. The second-order valence-electron chi connectivity index (χ2n) is 5.82. The Morgan fingerprint density at radius 2 is 2.10 bits per heavy atom. The van der Waals surface area contributed by atoms with Crippen molar-refractivity contribution in [2.45, 2.75) is 40.0 Å². The van der Waals surface area contributed by atoms with E-state index in [2.05, 4.69) is 36.2 Å². The second kappa shape index (κ2) is 7.20. The number of hydrogen-bond donors (Lipinski definition) is 1. The third-order valence-corrected chi connectivity index (χ3v) is 3.27. The fraction of sp³-hybridized carbons (Fsp3) is 0.562. The quantitative estimate of drug-likeness (QED) is 0.849. The van der Waals surface area contributed by atoms with Crippen LogP contribution in [0.2, 0.25) is 0 Å². The summed E-state index contributed by atoms with van der Waals surface area (Å²) in [6, 6.07) is 2.01. The molecule has 2 rings (SSSR count). The molecule has 0 aliphatic rings. The van der Waals surface area contributed by atoms with Crippen molar-refractivity contribution in [3.63, 3.8) is 0 Å². The van der Waals surface area contributed by atoms with E-state index >= 15 is 0 Å². The fourth-order valence-electron chi connectivity index (χ4n) is 2.07. The van der Waals surface area contributed by atoms with Crippen LogP contribution in [0.5, 0.6) is 0 Å². The van der Waals surface area contributed by atoms with E-state index in [1.165, 1.54) is 0 Å². The van der Waals surface area contributed by atoms with Gasteiger partial charge >= 0.3 is 0 Å². The SMILES string of the molecule is CCCNc1cc(-c2cnn(C)c2)nc(CCC(C)C)n1. The van der Waals surface area contributed by atoms with E-state index in [4.69, 9.17) is 4.98 Å². The van der Waals surface area contributed by atoms with E-state index in [0.717, 1.165) is 48.7 Å². The first-order chi connectivity index (χ1) is 10.1. The smallest absolute Gasteiger partial charge is 0.131 e. The van der Waals surface area contributed by atoms with Gasteiger partial charge in [-0.05, 0) is 18.8 Å². The summed E-state index contributed by atoms with van der Waals surface area (Å²) in [5.74, 6) is 2.47. The van der Waals surface area contributed by atoms with Crippen molar-refractivity contribution in [3.8, 4) is 11.3 Å². The minimum absolute atomic E-state index is 0.655. The van der Waals surface area contributed by atoms with Crippen LogP contribution in [0.1, 0.15) is 39.4 Å². The van der Waals surface area contributed by atoms with Gasteiger partial charge in [-0.15, -0.1) is 0 Å². The number of hydrogen-bond acceptors (Lipinski definition) is 4. The molecule has 5 heteroatoms. The van der Waals surface area contributed by atoms with Crippen LogP contribution in [0.15, 0.2) is 18.5 Å². The molecule has 2 heterocycles. The first-order valence-electron chi connectivity index (χ1n) is 7.69. The van der Waals surface area contributed by atoms with Gasteiger partial charge in [0.15, 0.2) is 0 Å². The average molecular weight is 287 g/mol. The highest BCUT2D eigenvalue weighted by Crippen LogP contribution is 2.20. The first-order valence-corrected chi connectivity index (χ1v) is 7.69. The van der Waals surface area contributed by atoms with Crippen LogP contribution in [0.3, 0.4) is 0 Å². The lowest BCUT2D eigenvalue weighted by Gasteiger charge is -2.09. The Morgan fingerprint density at radius 3 is 2.71 bits per heavy atom. The molecule has 114 valence electrons. The van der Waals surface area contributed by atoms with E-state index < -0.39 is 0 Å². The number of nitrogens with zero attached hydrogens (tertiary/aromatic N) is 4. The van der Waals surface area contributed by atoms with Crippen LogP contribution in [-0.2, 0) is 13.5 Å². The minimum Gasteiger partial charge on any atom is -0.370 e. The van der Waals surface area contributed by atoms with Crippen molar-refractivity contribution in [2.24, 2.45) is 13.0 Å². The monoisotopic (exact) mass is 287 g/mol. The van der Waals surface area contributed by atoms with E-state index in [1.54, 1.807) is 4.68 Å². The normalized spacial score (nSPS) is 11.1. The van der Waals surface area contributed by atoms with Gasteiger partial charge in [-0.25, -0.2) is 9.97 Å². The Bertz CT molecular complexity index is 574. The number of nitrogens with one attached hydrogen (secondary N) is 1. The molecule has 5 nitrogen and oxygen atoms in total. The van der Waals surface area contributed by atoms with E-state index in [1.807, 2.05) is 25.5 Å². The highest BCUT2D eigenvalue weighted by molar-refractivity contribution is 5.60. The summed E-state index contributed by atoms with van der Waals surface area (Å²) in [7, 11) is 1.92. The van der Waals surface area contributed by atoms with Gasteiger partial charge in [0, 0.05) is 37.8 Å². The van der Waals surface area contributed by atoms with E-state index in [-0.39, 0.29) is 0 Å². The van der Waals surface area contributed by atoms with Crippen molar-refractivity contribution in [1.82, 2.24) is 19.7 Å². The molecule has 1 N–H and O–H groups in total. The maximum atomic E-state index is 4.69. The molecular weight excluding hydrogens is 262 g/mol. The zero-order chi connectivity index (χ0) is 15.2. The van der Waals surface area contributed by atoms with Crippen LogP contribution in [0.25, 0.3) is 11.3 Å². The molecule has 2 aromatic rings. The van der Waals surface area contributed by atoms with Crippen LogP contribution in [-0.4, -0.2) is 26.3 Å². The maximum absolute atomic E-state index is 4.69. The first kappa shape index (κ1) is 15.5. The summed E-state index contributed by atoms with van der Waals surface area (Å²) in [5, 5.41) is 7.59. The molecule has 0 saturated carbocycles. The number of anilines is 1. The molecular formula is C16H25N5. The fourth-order valence-corrected chi connectivity index (χ4v) is 2.07. The zero-order valence-electron chi connectivity index (χ0n) is 13.4. The Morgan fingerprint density at radius 1 is 1.29 bits per heavy atom. The molecule has 0 aliphatic heterocycles. The van der Waals surface area contributed by atoms with Gasteiger partial charge in [0.05, 0.1) is 11.9 Å². The molecule has 0 saturated heterocycles. The summed E-state index contributed by atoms with van der Waals surface area (Å²) in [6.45, 7) is 7.52. The van der Waals surface area contributed by atoms with Gasteiger partial charge in [-0.1, -0.05) is 20.8 Å². The van der Waals surface area contributed by atoms with Crippen molar-refractivity contribution >= 4 is 5.82 Å². The summed E-state index contributed by atoms with van der Waals surface area (Å²) in [6.07, 6.45) is 6.92. The topological polar surface area (TPSA) is 55.6 Å². The maximum Gasteiger partial charge on any atom is 0.131 e. The molecule has 0 bridgehead atoms. The average Bonchev–Trinajstić information content (AvgIpc) is 2.89. The Hall–Kier alpha value is -1.91. The summed E-state index contributed by atoms with van der Waals surface area (Å²) in [4.78, 5) is 9.32. The van der Waals surface area contributed by atoms with Crippen molar-refractivity contribution in [2.75, 3.05) is 11.9 Å². The molecule has 0 radical (unpaired) electrons. The van der Waals surface area contributed by atoms with Gasteiger partial charge in [0.2, 0.25) is 0 Å². The standard InChI is InChI=1S/C16H25N5/c1-5-8-17-16-9-14(13-10-18-21(4)11-13)19-15(20-16)7-6-12(2)3/h9-12H,5-8H2,1-4H3,(H,17,19,20). The van der Waals surface area contributed by atoms with Crippen LogP contribution < -0.4 is 5.32 Å². The molecule has 0 aromatic carbocycles. The lowest BCUT2D eigenvalue weighted by atomic mass is 10.1. The predicted molar refractivity (Wildman–Crippen MR) is 86.2 cm³/mol. The van der Waals surface area contributed by atoms with E-state index in [0.29, 0.717) is 5.92 Å². The van der Waals surface area contributed by atoms with Crippen LogP contribution in [0.4, 0.5) is 5.82 Å². The molecule has 0 aliphatic carbocycles. The van der Waals surface area contributed by atoms with Crippen LogP contribution in [0, 0.1) is 5.92 Å². The number of aryl methyl sites for hydroxylation is 2. The molecule has 0 fully saturated rings. The van der Waals surface area contributed by atoms with E-state index in [9.17, 15) is 0 Å². The largest absolute Gasteiger partial charge is 0.370 e. The summed E-state index contributed by atoms with van der Waals surface area (Å²) in [5.41, 5.74) is 1.97. The Labute approximate surface area is 126 Å². The lowest BCUT2D eigenvalue weighted by Crippen LogP contribution is -2.07. The van der Waals surface area contributed by atoms with Crippen molar-refractivity contribution < 1.29 is 0 Å². The predicted octanol–water partition coefficient (Wildman–Crippen LogP) is 3.29. The zero-order valence-corrected chi connectivity index (χ0v) is 13.4. The Kier molecular flexibility index (Phi) is 5.31. The van der Waals surface area contributed by atoms with Gasteiger partial charge in [-0.3, -0.25) is 4.68 Å². The molecule has 0 spiro atoms. The molecule has 0 unspecified atom stereocenters. The molecule has 0 atom stereocenters. The Balaban J connectivity index is 2.27. The van der Waals surface area contributed by atoms with Crippen molar-refractivity contribution in [1.29, 1.82) is 0 Å². The molecule has 2 aromatic heterocycles. The molecule has 21 heavy (non-hydrogen) atoms. The second-order valence-corrected chi connectivity index (χ2v) is 5.82. The summed E-state index contributed by atoms with van der Waals surface area (Å²) < 4.78 is 1.80. The summed E-state index contributed by atoms with van der Waals surface area (Å²) >= 11 is 0. The van der Waals surface area contributed by atoms with Crippen molar-refractivity contribution in [3.05, 3.63) is 24.3 Å². The lowest BCUT2D eigenvalue weighted by molar-refractivity contribution is 0.575. The number of aromatic nitrogens is 4. The van der Waals surface area contributed by atoms with Gasteiger partial charge in [0.1, 0.15) is 11.6 Å². The number of rotatable bonds is 7. The minimum atomic E-state index is 0.655. The van der Waals surface area contributed by atoms with Gasteiger partial charge < -0.3 is 5.32 Å².